The van der Waals surface area contributed by atoms with Gasteiger partial charge in [0.15, 0.2) is 0 Å². The molecule has 2 N–H and O–H groups in total. The van der Waals surface area contributed by atoms with E-state index >= 15 is 0 Å². The molecule has 228 valence electrons. The van der Waals surface area contributed by atoms with Crippen LogP contribution in [-0.4, -0.2) is 46.1 Å². The molecule has 0 aromatic heterocycles. The normalized spacial score (nSPS) is 39.4. The van der Waals surface area contributed by atoms with Gasteiger partial charge in [0.05, 0.1) is 11.7 Å². The van der Waals surface area contributed by atoms with Crippen LogP contribution in [0.15, 0.2) is 11.1 Å². The van der Waals surface area contributed by atoms with Crippen LogP contribution in [0.5, 0.6) is 0 Å². The maximum atomic E-state index is 12.1. The molecule has 0 bridgehead atoms. The van der Waals surface area contributed by atoms with Crippen molar-refractivity contribution in [1.29, 1.82) is 0 Å². The molecule has 0 saturated heterocycles. The first kappa shape index (κ1) is 31.5. The lowest BCUT2D eigenvalue weighted by molar-refractivity contribution is -0.167. The van der Waals surface area contributed by atoms with Gasteiger partial charge in [0.25, 0.3) is 0 Å². The Morgan fingerprint density at radius 2 is 1.60 bits per heavy atom. The quantitative estimate of drug-likeness (QED) is 0.264. The first-order valence-electron chi connectivity index (χ1n) is 15.8. The molecule has 0 aromatic rings. The van der Waals surface area contributed by atoms with Crippen LogP contribution in [-0.2, 0) is 19.1 Å². The van der Waals surface area contributed by atoms with Crippen molar-refractivity contribution in [2.24, 2.45) is 39.4 Å². The Bertz CT molecular complexity index is 1040. The van der Waals surface area contributed by atoms with Crippen molar-refractivity contribution < 1.29 is 29.3 Å². The van der Waals surface area contributed by atoms with E-state index in [1.807, 2.05) is 0 Å². The predicted octanol–water partition coefficient (Wildman–Crippen LogP) is 6.76. The highest BCUT2D eigenvalue weighted by Crippen LogP contribution is 2.72. The van der Waals surface area contributed by atoms with Gasteiger partial charge >= 0.3 is 11.9 Å². The number of carbonyl (C=O) groups is 2. The highest BCUT2D eigenvalue weighted by atomic mass is 16.5. The van der Waals surface area contributed by atoms with Crippen LogP contribution in [0.2, 0.25) is 0 Å². The first-order chi connectivity index (χ1) is 18.3. The molecule has 0 amide bonds. The maximum absolute atomic E-state index is 12.1. The molecule has 6 heteroatoms. The van der Waals surface area contributed by atoms with Gasteiger partial charge in [-0.15, -0.1) is 0 Å². The Balaban J connectivity index is 1.65. The van der Waals surface area contributed by atoms with Crippen molar-refractivity contribution in [3.63, 3.8) is 0 Å². The van der Waals surface area contributed by atoms with Crippen LogP contribution in [0.4, 0.5) is 0 Å². The van der Waals surface area contributed by atoms with Crippen LogP contribution in [0.1, 0.15) is 127 Å². The molecule has 2 saturated carbocycles. The summed E-state index contributed by atoms with van der Waals surface area (Å²) in [6.07, 6.45) is 7.40. The number of aliphatic hydroxyl groups is 2. The lowest BCUT2D eigenvalue weighted by Crippen LogP contribution is -2.56. The summed E-state index contributed by atoms with van der Waals surface area (Å²) in [5.41, 5.74) is 2.31. The van der Waals surface area contributed by atoms with E-state index in [9.17, 15) is 19.8 Å². The van der Waals surface area contributed by atoms with Crippen LogP contribution >= 0.6 is 0 Å². The summed E-state index contributed by atoms with van der Waals surface area (Å²) in [5, 5.41) is 21.2. The third-order valence-electron chi connectivity index (χ3n) is 12.9. The minimum atomic E-state index is -1.26. The highest BCUT2D eigenvalue weighted by Gasteiger charge is 2.64. The van der Waals surface area contributed by atoms with Crippen LogP contribution in [0.25, 0.3) is 0 Å². The van der Waals surface area contributed by atoms with E-state index < -0.39 is 17.8 Å². The van der Waals surface area contributed by atoms with Crippen LogP contribution in [0, 0.1) is 39.4 Å². The van der Waals surface area contributed by atoms with Gasteiger partial charge < -0.3 is 19.7 Å². The summed E-state index contributed by atoms with van der Waals surface area (Å²) in [6, 6.07) is 0. The number of ether oxygens (including phenoxy) is 2. The fourth-order valence-corrected chi connectivity index (χ4v) is 10.3. The molecule has 2 unspecified atom stereocenters. The Labute approximate surface area is 242 Å². The van der Waals surface area contributed by atoms with Gasteiger partial charge in [-0.3, -0.25) is 9.59 Å². The maximum Gasteiger partial charge on any atom is 0.302 e. The van der Waals surface area contributed by atoms with Gasteiger partial charge in [-0.2, -0.15) is 0 Å². The topological polar surface area (TPSA) is 93.1 Å². The average Bonchev–Trinajstić information content (AvgIpc) is 3.10. The van der Waals surface area contributed by atoms with E-state index in [1.54, 1.807) is 25.0 Å². The number of carbonyl (C=O) groups excluding carboxylic acids is 2. The smallest absolute Gasteiger partial charge is 0.302 e. The van der Waals surface area contributed by atoms with Crippen molar-refractivity contribution >= 4 is 11.9 Å². The molecule has 4 aliphatic rings. The number of fused-ring (bicyclic) bond motifs is 4. The molecule has 0 aromatic carbocycles. The molecule has 40 heavy (non-hydrogen) atoms. The molecule has 2 fully saturated rings. The Morgan fingerprint density at radius 1 is 0.950 bits per heavy atom. The summed E-state index contributed by atoms with van der Waals surface area (Å²) < 4.78 is 11.7. The van der Waals surface area contributed by atoms with Crippen molar-refractivity contribution in [3.8, 4) is 0 Å². The number of rotatable bonds is 7. The van der Waals surface area contributed by atoms with E-state index in [1.165, 1.54) is 13.8 Å². The molecule has 6 nitrogen and oxygen atoms in total. The minimum Gasteiger partial charge on any atom is -0.462 e. The van der Waals surface area contributed by atoms with Gasteiger partial charge in [0.1, 0.15) is 12.2 Å². The third-order valence-corrected chi connectivity index (χ3v) is 12.9. The summed E-state index contributed by atoms with van der Waals surface area (Å²) in [7, 11) is 0. The van der Waals surface area contributed by atoms with Gasteiger partial charge in [-0.05, 0) is 99.2 Å². The molecule has 4 rings (SSSR count). The highest BCUT2D eigenvalue weighted by molar-refractivity contribution is 5.66. The molecular weight excluding hydrogens is 504 g/mol. The minimum absolute atomic E-state index is 0.0242. The van der Waals surface area contributed by atoms with Gasteiger partial charge in [-0.1, -0.05) is 52.7 Å². The second kappa shape index (κ2) is 10.4. The van der Waals surface area contributed by atoms with E-state index in [0.717, 1.165) is 51.4 Å². The number of hydrogen-bond donors (Lipinski definition) is 2. The number of hydrogen-bond acceptors (Lipinski definition) is 6. The van der Waals surface area contributed by atoms with E-state index in [2.05, 4.69) is 41.5 Å². The molecule has 9 atom stereocenters. The third kappa shape index (κ3) is 4.97. The zero-order valence-corrected chi connectivity index (χ0v) is 26.9. The SMILES string of the molecule is CC(=O)O[C@@H](CC(O)C(C)(C)O)[C@@H](C)[C@H]1CC[C@@]2(C)C3=C(CC[C@]12C)[C@@]1(C)CC[C@H](OC(C)=O)C(C)(C)C1CC3. The number of allylic oxidation sites excluding steroid dienone is 2. The van der Waals surface area contributed by atoms with Crippen molar-refractivity contribution in [3.05, 3.63) is 11.1 Å². The second-order valence-electron chi connectivity index (χ2n) is 15.7. The second-order valence-corrected chi connectivity index (χ2v) is 15.7. The zero-order chi connectivity index (χ0) is 30.1. The van der Waals surface area contributed by atoms with Gasteiger partial charge in [0.2, 0.25) is 0 Å². The monoisotopic (exact) mass is 560 g/mol. The summed E-state index contributed by atoms with van der Waals surface area (Å²) in [4.78, 5) is 24.0. The van der Waals surface area contributed by atoms with Crippen LogP contribution in [0.3, 0.4) is 0 Å². The number of aliphatic hydroxyl groups excluding tert-OH is 1. The lowest BCUT2D eigenvalue weighted by atomic mass is 9.43. The predicted molar refractivity (Wildman–Crippen MR) is 156 cm³/mol. The summed E-state index contributed by atoms with van der Waals surface area (Å²) in [6.45, 7) is 20.5. The fraction of sp³-hybridized carbons (Fsp3) is 0.882. The van der Waals surface area contributed by atoms with E-state index in [0.29, 0.717) is 11.8 Å². The Morgan fingerprint density at radius 3 is 2.17 bits per heavy atom. The molecule has 0 heterocycles. The lowest BCUT2D eigenvalue weighted by Gasteiger charge is -2.62. The Kier molecular flexibility index (Phi) is 8.20. The van der Waals surface area contributed by atoms with Gasteiger partial charge in [0, 0.05) is 25.7 Å². The largest absolute Gasteiger partial charge is 0.462 e. The first-order valence-corrected chi connectivity index (χ1v) is 15.8. The molecule has 0 radical (unpaired) electrons. The molecule has 0 spiro atoms. The molecule has 4 aliphatic carbocycles. The summed E-state index contributed by atoms with van der Waals surface area (Å²) in [5.74, 6) is 0.397. The van der Waals surface area contributed by atoms with Crippen molar-refractivity contribution in [1.82, 2.24) is 0 Å². The average molecular weight is 561 g/mol. The standard InChI is InChI=1S/C34H56O6/c1-20(26(39-21(2)35)19-28(37)31(6,7)38)23-13-17-34(10)25-11-12-27-30(4,5)29(40-22(3)36)15-16-32(27,8)24(25)14-18-33(23,34)9/h20,23,26-29,37-38H,11-19H2,1-10H3/t20-,23+,26-,27?,28?,29-,32+,33+,34-/m0/s1. The molecule has 0 aliphatic heterocycles. The Hall–Kier alpha value is -1.40. The van der Waals surface area contributed by atoms with E-state index in [-0.39, 0.29) is 52.0 Å². The van der Waals surface area contributed by atoms with Crippen LogP contribution < -0.4 is 0 Å². The zero-order valence-electron chi connectivity index (χ0n) is 26.9. The van der Waals surface area contributed by atoms with E-state index in [4.69, 9.17) is 9.47 Å². The number of esters is 2. The van der Waals surface area contributed by atoms with Crippen molar-refractivity contribution in [2.45, 2.75) is 151 Å². The fourth-order valence-electron chi connectivity index (χ4n) is 10.3. The van der Waals surface area contributed by atoms with Gasteiger partial charge in [-0.25, -0.2) is 0 Å². The summed E-state index contributed by atoms with van der Waals surface area (Å²) >= 11 is 0. The molecular formula is C34H56O6. The van der Waals surface area contributed by atoms with Crippen molar-refractivity contribution in [2.75, 3.05) is 0 Å².